The van der Waals surface area contributed by atoms with Crippen molar-refractivity contribution in [3.8, 4) is 5.75 Å². The molecule has 0 aliphatic heterocycles. The van der Waals surface area contributed by atoms with Crippen molar-refractivity contribution in [1.29, 1.82) is 0 Å². The predicted molar refractivity (Wildman–Crippen MR) is 89.1 cm³/mol. The summed E-state index contributed by atoms with van der Waals surface area (Å²) in [6.45, 7) is 3.82. The molecule has 1 aromatic heterocycles. The number of carbonyl (C=O) groups excluding carboxylic acids is 1. The molecule has 0 spiro atoms. The van der Waals surface area contributed by atoms with Crippen molar-refractivity contribution >= 4 is 27.8 Å². The van der Waals surface area contributed by atoms with Gasteiger partial charge in [-0.2, -0.15) is 0 Å². The summed E-state index contributed by atoms with van der Waals surface area (Å²) in [6, 6.07) is 5.04. The first-order valence-corrected chi connectivity index (χ1v) is 7.96. The Hall–Kier alpha value is -2.35. The highest BCUT2D eigenvalue weighted by Gasteiger charge is 2.25. The van der Waals surface area contributed by atoms with Gasteiger partial charge in [0.15, 0.2) is 6.04 Å². The van der Waals surface area contributed by atoms with Crippen LogP contribution < -0.4 is 10.1 Å². The first-order chi connectivity index (χ1) is 11.3. The minimum Gasteiger partial charge on any atom is -0.496 e. The van der Waals surface area contributed by atoms with Crippen LogP contribution in [-0.4, -0.2) is 29.2 Å². The molecular weight excluding hydrogens is 380 g/mol. The molecule has 0 aliphatic carbocycles. The Morgan fingerprint density at radius 1 is 1.33 bits per heavy atom. The number of methoxy groups -OCH3 is 1. The highest BCUT2D eigenvalue weighted by atomic mass is 79.9. The zero-order valence-electron chi connectivity index (χ0n) is 13.4. The van der Waals surface area contributed by atoms with E-state index in [1.54, 1.807) is 18.2 Å². The lowest BCUT2D eigenvalue weighted by atomic mass is 10.1. The number of benzene rings is 1. The molecule has 8 heteroatoms. The van der Waals surface area contributed by atoms with Gasteiger partial charge in [-0.15, -0.1) is 0 Å². The van der Waals surface area contributed by atoms with Gasteiger partial charge in [0, 0.05) is 6.07 Å². The standard InChI is InChI=1S/C16H17BrN2O5/c1-8(2)11-7-13(24-19-11)15(20)18-14(16(21)22)9-4-5-12(23-3)10(17)6-9/h4-8,14H,1-3H3,(H,18,20)(H,21,22). The van der Waals surface area contributed by atoms with Crippen LogP contribution in [0.15, 0.2) is 33.3 Å². The van der Waals surface area contributed by atoms with Crippen LogP contribution in [0.25, 0.3) is 0 Å². The van der Waals surface area contributed by atoms with Gasteiger partial charge in [-0.25, -0.2) is 4.79 Å². The number of amides is 1. The normalized spacial score (nSPS) is 12.0. The van der Waals surface area contributed by atoms with Gasteiger partial charge in [-0.05, 0) is 39.5 Å². The molecule has 0 fully saturated rings. The first kappa shape index (κ1) is 18.0. The highest BCUT2D eigenvalue weighted by Crippen LogP contribution is 2.28. The van der Waals surface area contributed by atoms with E-state index in [-0.39, 0.29) is 11.7 Å². The summed E-state index contributed by atoms with van der Waals surface area (Å²) in [5.41, 5.74) is 1.02. The van der Waals surface area contributed by atoms with E-state index in [4.69, 9.17) is 9.26 Å². The topological polar surface area (TPSA) is 102 Å². The smallest absolute Gasteiger partial charge is 0.330 e. The van der Waals surface area contributed by atoms with Crippen LogP contribution in [0.5, 0.6) is 5.75 Å². The van der Waals surface area contributed by atoms with Crippen LogP contribution in [0, 0.1) is 0 Å². The van der Waals surface area contributed by atoms with E-state index in [0.29, 0.717) is 21.5 Å². The van der Waals surface area contributed by atoms with Gasteiger partial charge in [0.2, 0.25) is 5.76 Å². The minimum atomic E-state index is -1.23. The van der Waals surface area contributed by atoms with Crippen LogP contribution >= 0.6 is 15.9 Å². The third-order valence-electron chi connectivity index (χ3n) is 3.38. The quantitative estimate of drug-likeness (QED) is 0.777. The van der Waals surface area contributed by atoms with Crippen molar-refractivity contribution in [2.75, 3.05) is 7.11 Å². The molecule has 7 nitrogen and oxygen atoms in total. The molecule has 1 unspecified atom stereocenters. The Labute approximate surface area is 147 Å². The molecule has 1 amide bonds. The molecule has 128 valence electrons. The Bertz CT molecular complexity index is 757. The molecule has 0 bridgehead atoms. The molecule has 0 aliphatic rings. The van der Waals surface area contributed by atoms with Crippen LogP contribution in [0.3, 0.4) is 0 Å². The highest BCUT2D eigenvalue weighted by molar-refractivity contribution is 9.10. The average Bonchev–Trinajstić information content (AvgIpc) is 3.02. The fourth-order valence-corrected chi connectivity index (χ4v) is 2.58. The van der Waals surface area contributed by atoms with Crippen LogP contribution in [0.2, 0.25) is 0 Å². The molecule has 1 heterocycles. The molecule has 0 saturated heterocycles. The second-order valence-corrected chi connectivity index (χ2v) is 6.26. The number of hydrogen-bond acceptors (Lipinski definition) is 5. The number of hydrogen-bond donors (Lipinski definition) is 2. The Balaban J connectivity index is 2.23. The number of aromatic nitrogens is 1. The van der Waals surface area contributed by atoms with Gasteiger partial charge in [0.05, 0.1) is 17.3 Å². The molecule has 2 aromatic rings. The number of ether oxygens (including phenoxy) is 1. The molecule has 1 aromatic carbocycles. The lowest BCUT2D eigenvalue weighted by Gasteiger charge is -2.15. The van der Waals surface area contributed by atoms with E-state index >= 15 is 0 Å². The van der Waals surface area contributed by atoms with E-state index in [1.807, 2.05) is 13.8 Å². The molecule has 2 N–H and O–H groups in total. The molecule has 2 rings (SSSR count). The van der Waals surface area contributed by atoms with E-state index in [2.05, 4.69) is 26.4 Å². The van der Waals surface area contributed by atoms with Crippen molar-refractivity contribution in [1.82, 2.24) is 10.5 Å². The third-order valence-corrected chi connectivity index (χ3v) is 3.99. The number of aliphatic carboxylic acids is 1. The fourth-order valence-electron chi connectivity index (χ4n) is 2.02. The summed E-state index contributed by atoms with van der Waals surface area (Å²) in [7, 11) is 1.51. The summed E-state index contributed by atoms with van der Waals surface area (Å²) >= 11 is 3.30. The van der Waals surface area contributed by atoms with Crippen molar-refractivity contribution in [3.05, 3.63) is 45.8 Å². The van der Waals surface area contributed by atoms with E-state index in [0.717, 1.165) is 0 Å². The van der Waals surface area contributed by atoms with E-state index in [1.165, 1.54) is 13.2 Å². The molecule has 0 radical (unpaired) electrons. The molecule has 0 saturated carbocycles. The van der Waals surface area contributed by atoms with Crippen molar-refractivity contribution in [2.45, 2.75) is 25.8 Å². The first-order valence-electron chi connectivity index (χ1n) is 7.17. The van der Waals surface area contributed by atoms with Crippen LogP contribution in [0.4, 0.5) is 0 Å². The van der Waals surface area contributed by atoms with Crippen molar-refractivity contribution in [3.63, 3.8) is 0 Å². The maximum Gasteiger partial charge on any atom is 0.330 e. The van der Waals surface area contributed by atoms with Crippen LogP contribution in [-0.2, 0) is 4.79 Å². The Morgan fingerprint density at radius 2 is 2.04 bits per heavy atom. The SMILES string of the molecule is COc1ccc(C(NC(=O)c2cc(C(C)C)no2)C(=O)O)cc1Br. The molecule has 24 heavy (non-hydrogen) atoms. The van der Waals surface area contributed by atoms with Crippen molar-refractivity contribution in [2.24, 2.45) is 0 Å². The lowest BCUT2D eigenvalue weighted by Crippen LogP contribution is -2.33. The maximum absolute atomic E-state index is 12.2. The van der Waals surface area contributed by atoms with Crippen molar-refractivity contribution < 1.29 is 24.0 Å². The van der Waals surface area contributed by atoms with E-state index < -0.39 is 17.9 Å². The Morgan fingerprint density at radius 3 is 2.54 bits per heavy atom. The zero-order chi connectivity index (χ0) is 17.9. The molecule has 1 atom stereocenters. The summed E-state index contributed by atoms with van der Waals surface area (Å²) in [5.74, 6) is -1.20. The second-order valence-electron chi connectivity index (χ2n) is 5.41. The fraction of sp³-hybridized carbons (Fsp3) is 0.312. The van der Waals surface area contributed by atoms with Crippen LogP contribution in [0.1, 0.15) is 47.6 Å². The largest absolute Gasteiger partial charge is 0.496 e. The number of nitrogens with one attached hydrogen (secondary N) is 1. The summed E-state index contributed by atoms with van der Waals surface area (Å²) in [4.78, 5) is 23.8. The Kier molecular flexibility index (Phi) is 5.61. The third kappa shape index (κ3) is 3.94. The predicted octanol–water partition coefficient (Wildman–Crippen LogP) is 3.12. The minimum absolute atomic E-state index is 0.0301. The molecular formula is C16H17BrN2O5. The summed E-state index contributed by atoms with van der Waals surface area (Å²) in [6.07, 6.45) is 0. The number of nitrogens with zero attached hydrogens (tertiary/aromatic N) is 1. The summed E-state index contributed by atoms with van der Waals surface area (Å²) in [5, 5.41) is 15.6. The monoisotopic (exact) mass is 396 g/mol. The van der Waals surface area contributed by atoms with Gasteiger partial charge in [-0.3, -0.25) is 4.79 Å². The van der Waals surface area contributed by atoms with Gasteiger partial charge in [0.1, 0.15) is 5.75 Å². The number of carboxylic acid groups (broad SMARTS) is 1. The van der Waals surface area contributed by atoms with Gasteiger partial charge >= 0.3 is 5.97 Å². The van der Waals surface area contributed by atoms with Gasteiger partial charge in [-0.1, -0.05) is 25.1 Å². The van der Waals surface area contributed by atoms with Gasteiger partial charge in [0.25, 0.3) is 5.91 Å². The number of halogens is 1. The maximum atomic E-state index is 12.2. The summed E-state index contributed by atoms with van der Waals surface area (Å²) < 4.78 is 10.7. The number of carbonyl (C=O) groups is 2. The lowest BCUT2D eigenvalue weighted by molar-refractivity contribution is -0.139. The second kappa shape index (κ2) is 7.48. The zero-order valence-corrected chi connectivity index (χ0v) is 15.0. The van der Waals surface area contributed by atoms with E-state index in [9.17, 15) is 14.7 Å². The van der Waals surface area contributed by atoms with Gasteiger partial charge < -0.3 is 19.7 Å². The average molecular weight is 397 g/mol. The number of carboxylic acids is 1. The number of rotatable bonds is 6.